The van der Waals surface area contributed by atoms with Crippen LogP contribution in [0.1, 0.15) is 5.56 Å². The van der Waals surface area contributed by atoms with E-state index in [1.54, 1.807) is 25.3 Å². The van der Waals surface area contributed by atoms with Crippen molar-refractivity contribution in [2.75, 3.05) is 13.7 Å². The molecule has 0 aliphatic heterocycles. The second-order valence-corrected chi connectivity index (χ2v) is 5.24. The van der Waals surface area contributed by atoms with Crippen molar-refractivity contribution in [1.29, 1.82) is 0 Å². The lowest BCUT2D eigenvalue weighted by Gasteiger charge is -2.07. The highest BCUT2D eigenvalue weighted by atomic mass is 35.5. The lowest BCUT2D eigenvalue weighted by molar-refractivity contribution is -0.123. The first-order valence-corrected chi connectivity index (χ1v) is 7.38. The Morgan fingerprint density at radius 1 is 1.22 bits per heavy atom. The minimum Gasteiger partial charge on any atom is -0.496 e. The zero-order valence-corrected chi connectivity index (χ0v) is 13.8. The molecule has 0 bridgehead atoms. The fraction of sp³-hybridized carbons (Fsp3) is 0.125. The second-order valence-electron chi connectivity index (χ2n) is 4.40. The number of methoxy groups -OCH3 is 1. The van der Waals surface area contributed by atoms with E-state index in [9.17, 15) is 4.79 Å². The Hall–Kier alpha value is -2.24. The molecule has 0 heterocycles. The number of para-hydroxylation sites is 1. The molecular weight excluding hydrogens is 339 g/mol. The number of carbonyl (C=O) groups is 1. The highest BCUT2D eigenvalue weighted by Crippen LogP contribution is 2.27. The lowest BCUT2D eigenvalue weighted by Crippen LogP contribution is -2.24. The quantitative estimate of drug-likeness (QED) is 0.638. The predicted octanol–water partition coefficient (Wildman–Crippen LogP) is 3.53. The molecule has 23 heavy (non-hydrogen) atoms. The van der Waals surface area contributed by atoms with E-state index < -0.39 is 5.91 Å². The van der Waals surface area contributed by atoms with Gasteiger partial charge in [0.15, 0.2) is 6.61 Å². The van der Waals surface area contributed by atoms with Gasteiger partial charge in [0, 0.05) is 10.6 Å². The lowest BCUT2D eigenvalue weighted by atomic mass is 10.2. The Bertz CT molecular complexity index is 720. The van der Waals surface area contributed by atoms with E-state index >= 15 is 0 Å². The van der Waals surface area contributed by atoms with E-state index in [2.05, 4.69) is 10.5 Å². The maximum Gasteiger partial charge on any atom is 0.277 e. The summed E-state index contributed by atoms with van der Waals surface area (Å²) in [5, 5.41) is 4.69. The maximum absolute atomic E-state index is 11.7. The minimum absolute atomic E-state index is 0.218. The Morgan fingerprint density at radius 2 is 2.00 bits per heavy atom. The number of nitrogens with one attached hydrogen (secondary N) is 1. The molecule has 2 aromatic rings. The van der Waals surface area contributed by atoms with Gasteiger partial charge in [0.1, 0.15) is 11.5 Å². The van der Waals surface area contributed by atoms with Crippen LogP contribution in [0.25, 0.3) is 0 Å². The monoisotopic (exact) mass is 352 g/mol. The summed E-state index contributed by atoms with van der Waals surface area (Å²) >= 11 is 11.7. The van der Waals surface area contributed by atoms with Crippen molar-refractivity contribution in [3.63, 3.8) is 0 Å². The van der Waals surface area contributed by atoms with Crippen LogP contribution >= 0.6 is 23.2 Å². The molecule has 0 aromatic heterocycles. The van der Waals surface area contributed by atoms with Gasteiger partial charge in [0.05, 0.1) is 18.3 Å². The third kappa shape index (κ3) is 5.16. The van der Waals surface area contributed by atoms with Crippen molar-refractivity contribution in [3.05, 3.63) is 58.1 Å². The van der Waals surface area contributed by atoms with Gasteiger partial charge in [-0.15, -0.1) is 0 Å². The van der Waals surface area contributed by atoms with Crippen LogP contribution in [0.4, 0.5) is 0 Å². The minimum atomic E-state index is -0.415. The molecule has 0 radical (unpaired) electrons. The molecule has 1 N–H and O–H groups in total. The molecule has 0 spiro atoms. The Balaban J connectivity index is 1.86. The van der Waals surface area contributed by atoms with Crippen molar-refractivity contribution in [1.82, 2.24) is 5.43 Å². The maximum atomic E-state index is 11.7. The molecule has 0 saturated carbocycles. The molecule has 0 unspecified atom stereocenters. The molecule has 0 aliphatic rings. The average Bonchev–Trinajstić information content (AvgIpc) is 2.54. The van der Waals surface area contributed by atoms with Crippen LogP contribution < -0.4 is 14.9 Å². The first kappa shape index (κ1) is 17.1. The number of halogens is 2. The third-order valence-corrected chi connectivity index (χ3v) is 3.31. The number of benzene rings is 2. The van der Waals surface area contributed by atoms with Gasteiger partial charge in [-0.25, -0.2) is 5.43 Å². The summed E-state index contributed by atoms with van der Waals surface area (Å²) in [5.41, 5.74) is 3.11. The smallest absolute Gasteiger partial charge is 0.277 e. The number of hydrogen-bond acceptors (Lipinski definition) is 4. The topological polar surface area (TPSA) is 59.9 Å². The largest absolute Gasteiger partial charge is 0.496 e. The number of amides is 1. The molecule has 2 rings (SSSR count). The van der Waals surface area contributed by atoms with Crippen molar-refractivity contribution in [2.24, 2.45) is 5.10 Å². The van der Waals surface area contributed by atoms with Gasteiger partial charge in [-0.3, -0.25) is 4.79 Å². The SMILES string of the molecule is COc1ccccc1C=NNC(=O)COc1ccc(Cl)cc1Cl. The fourth-order valence-corrected chi connectivity index (χ4v) is 2.18. The molecule has 5 nitrogen and oxygen atoms in total. The van der Waals surface area contributed by atoms with Crippen LogP contribution in [0.15, 0.2) is 47.6 Å². The summed E-state index contributed by atoms with van der Waals surface area (Å²) in [6.45, 7) is -0.218. The number of rotatable bonds is 6. The fourth-order valence-electron chi connectivity index (χ4n) is 1.71. The van der Waals surface area contributed by atoms with Gasteiger partial charge in [-0.05, 0) is 30.3 Å². The Morgan fingerprint density at radius 3 is 2.74 bits per heavy atom. The summed E-state index contributed by atoms with van der Waals surface area (Å²) in [4.78, 5) is 11.7. The van der Waals surface area contributed by atoms with Gasteiger partial charge in [-0.1, -0.05) is 35.3 Å². The van der Waals surface area contributed by atoms with Gasteiger partial charge in [0.2, 0.25) is 0 Å². The molecule has 0 fully saturated rings. The summed E-state index contributed by atoms with van der Waals surface area (Å²) < 4.78 is 10.5. The van der Waals surface area contributed by atoms with Gasteiger partial charge < -0.3 is 9.47 Å². The van der Waals surface area contributed by atoms with Crippen LogP contribution in [0.3, 0.4) is 0 Å². The molecule has 0 atom stereocenters. The molecule has 0 saturated heterocycles. The highest BCUT2D eigenvalue weighted by Gasteiger charge is 2.06. The number of hydrazone groups is 1. The zero-order chi connectivity index (χ0) is 16.7. The standard InChI is InChI=1S/C16H14Cl2N2O3/c1-22-14-5-3-2-4-11(14)9-19-20-16(21)10-23-15-7-6-12(17)8-13(15)18/h2-9H,10H2,1H3,(H,20,21). The van der Waals surface area contributed by atoms with Crippen molar-refractivity contribution >= 4 is 35.3 Å². The van der Waals surface area contributed by atoms with Crippen molar-refractivity contribution in [2.45, 2.75) is 0 Å². The van der Waals surface area contributed by atoms with Gasteiger partial charge in [-0.2, -0.15) is 5.10 Å². The molecule has 1 amide bonds. The van der Waals surface area contributed by atoms with Crippen molar-refractivity contribution in [3.8, 4) is 11.5 Å². The number of hydrogen-bond donors (Lipinski definition) is 1. The first-order chi connectivity index (χ1) is 11.1. The normalized spacial score (nSPS) is 10.6. The van der Waals surface area contributed by atoms with E-state index in [-0.39, 0.29) is 6.61 Å². The molecule has 2 aromatic carbocycles. The van der Waals surface area contributed by atoms with Crippen LogP contribution in [0.2, 0.25) is 10.0 Å². The van der Waals surface area contributed by atoms with E-state index in [4.69, 9.17) is 32.7 Å². The molecule has 0 aliphatic carbocycles. The van der Waals surface area contributed by atoms with Crippen LogP contribution in [-0.4, -0.2) is 25.8 Å². The first-order valence-electron chi connectivity index (χ1n) is 6.63. The molecule has 120 valence electrons. The van der Waals surface area contributed by atoms with Gasteiger partial charge in [0.25, 0.3) is 5.91 Å². The van der Waals surface area contributed by atoms with Crippen molar-refractivity contribution < 1.29 is 14.3 Å². The summed E-state index contributed by atoms with van der Waals surface area (Å²) in [5.74, 6) is 0.622. The van der Waals surface area contributed by atoms with Crippen LogP contribution in [0.5, 0.6) is 11.5 Å². The zero-order valence-electron chi connectivity index (χ0n) is 12.3. The molecule has 7 heteroatoms. The van der Waals surface area contributed by atoms with Crippen LogP contribution in [0, 0.1) is 0 Å². The molecular formula is C16H14Cl2N2O3. The highest BCUT2D eigenvalue weighted by molar-refractivity contribution is 6.35. The predicted molar refractivity (Wildman–Crippen MR) is 90.7 cm³/mol. The van der Waals surface area contributed by atoms with E-state index in [0.717, 1.165) is 5.56 Å². The van der Waals surface area contributed by atoms with E-state index in [0.29, 0.717) is 21.5 Å². The summed E-state index contributed by atoms with van der Waals surface area (Å²) in [7, 11) is 1.56. The summed E-state index contributed by atoms with van der Waals surface area (Å²) in [6.07, 6.45) is 1.49. The Kier molecular flexibility index (Phi) is 6.26. The van der Waals surface area contributed by atoms with Gasteiger partial charge >= 0.3 is 0 Å². The van der Waals surface area contributed by atoms with E-state index in [1.165, 1.54) is 12.3 Å². The van der Waals surface area contributed by atoms with E-state index in [1.807, 2.05) is 18.2 Å². The Labute approximate surface area is 143 Å². The number of nitrogens with zero attached hydrogens (tertiary/aromatic N) is 1. The average molecular weight is 353 g/mol. The second kappa shape index (κ2) is 8.41. The summed E-state index contributed by atoms with van der Waals surface area (Å²) in [6, 6.07) is 12.1. The third-order valence-electron chi connectivity index (χ3n) is 2.78. The number of ether oxygens (including phenoxy) is 2. The van der Waals surface area contributed by atoms with Crippen LogP contribution in [-0.2, 0) is 4.79 Å². The number of carbonyl (C=O) groups excluding carboxylic acids is 1.